The van der Waals surface area contributed by atoms with Crippen molar-refractivity contribution in [2.24, 2.45) is 5.73 Å². The molecule has 0 atom stereocenters. The first kappa shape index (κ1) is 15.2. The van der Waals surface area contributed by atoms with Crippen molar-refractivity contribution in [3.8, 4) is 5.75 Å². The van der Waals surface area contributed by atoms with Crippen LogP contribution in [0.3, 0.4) is 0 Å². The molecule has 0 saturated carbocycles. The molecule has 0 unspecified atom stereocenters. The first-order valence-corrected chi connectivity index (χ1v) is 7.15. The predicted molar refractivity (Wildman–Crippen MR) is 81.3 cm³/mol. The van der Waals surface area contributed by atoms with Crippen molar-refractivity contribution >= 4 is 23.2 Å². The molecule has 0 spiro atoms. The predicted octanol–water partition coefficient (Wildman–Crippen LogP) is 3.56. The highest BCUT2D eigenvalue weighted by Gasteiger charge is 2.13. The summed E-state index contributed by atoms with van der Waals surface area (Å²) in [7, 11) is 0. The molecule has 1 aromatic heterocycles. The van der Waals surface area contributed by atoms with Crippen LogP contribution in [0.25, 0.3) is 0 Å². The SMILES string of the molecule is CCn1nc(C)c(Cl)c1COc1ccc(CN)cc1Cl. The number of hydrogen-bond donors (Lipinski definition) is 1. The summed E-state index contributed by atoms with van der Waals surface area (Å²) in [6.07, 6.45) is 0. The normalized spacial score (nSPS) is 10.8. The summed E-state index contributed by atoms with van der Waals surface area (Å²) in [5, 5.41) is 5.53. The van der Waals surface area contributed by atoms with Crippen molar-refractivity contribution in [1.29, 1.82) is 0 Å². The maximum absolute atomic E-state index is 6.23. The number of aryl methyl sites for hydroxylation is 2. The van der Waals surface area contributed by atoms with E-state index in [9.17, 15) is 0 Å². The lowest BCUT2D eigenvalue weighted by Crippen LogP contribution is -2.07. The smallest absolute Gasteiger partial charge is 0.138 e. The molecule has 0 radical (unpaired) electrons. The third kappa shape index (κ3) is 3.08. The number of aromatic nitrogens is 2. The molecule has 0 aliphatic heterocycles. The molecule has 1 heterocycles. The van der Waals surface area contributed by atoms with Gasteiger partial charge in [0.25, 0.3) is 0 Å². The van der Waals surface area contributed by atoms with E-state index in [0.717, 1.165) is 23.5 Å². The Labute approximate surface area is 128 Å². The van der Waals surface area contributed by atoms with Gasteiger partial charge in [-0.25, -0.2) is 0 Å². The molecule has 0 saturated heterocycles. The highest BCUT2D eigenvalue weighted by atomic mass is 35.5. The fourth-order valence-corrected chi connectivity index (χ4v) is 2.39. The van der Waals surface area contributed by atoms with Gasteiger partial charge < -0.3 is 10.5 Å². The number of rotatable bonds is 5. The number of ether oxygens (including phenoxy) is 1. The monoisotopic (exact) mass is 313 g/mol. The van der Waals surface area contributed by atoms with E-state index in [4.69, 9.17) is 33.7 Å². The Morgan fingerprint density at radius 3 is 2.70 bits per heavy atom. The molecular formula is C14H17Cl2N3O. The molecule has 0 aliphatic carbocycles. The minimum Gasteiger partial charge on any atom is -0.486 e. The van der Waals surface area contributed by atoms with Gasteiger partial charge in [-0.1, -0.05) is 29.3 Å². The van der Waals surface area contributed by atoms with Crippen molar-refractivity contribution in [2.45, 2.75) is 33.5 Å². The van der Waals surface area contributed by atoms with Crippen LogP contribution in [0.4, 0.5) is 0 Å². The van der Waals surface area contributed by atoms with E-state index in [-0.39, 0.29) is 0 Å². The zero-order valence-corrected chi connectivity index (χ0v) is 13.0. The largest absolute Gasteiger partial charge is 0.486 e. The van der Waals surface area contributed by atoms with Gasteiger partial charge in [0.1, 0.15) is 12.4 Å². The number of nitrogens with two attached hydrogens (primary N) is 1. The van der Waals surface area contributed by atoms with Gasteiger partial charge in [0.15, 0.2) is 0 Å². The van der Waals surface area contributed by atoms with Crippen LogP contribution in [-0.4, -0.2) is 9.78 Å². The van der Waals surface area contributed by atoms with Crippen LogP contribution in [0.5, 0.6) is 5.75 Å². The van der Waals surface area contributed by atoms with E-state index < -0.39 is 0 Å². The molecule has 20 heavy (non-hydrogen) atoms. The molecule has 2 aromatic rings. The van der Waals surface area contributed by atoms with Gasteiger partial charge in [-0.2, -0.15) is 5.10 Å². The summed E-state index contributed by atoms with van der Waals surface area (Å²) in [6.45, 7) is 5.41. The lowest BCUT2D eigenvalue weighted by Gasteiger charge is -2.10. The van der Waals surface area contributed by atoms with E-state index in [1.165, 1.54) is 0 Å². The molecular weight excluding hydrogens is 297 g/mol. The second-order valence-corrected chi connectivity index (χ2v) is 5.20. The molecule has 0 bridgehead atoms. The minimum absolute atomic E-state index is 0.329. The summed E-state index contributed by atoms with van der Waals surface area (Å²) in [5.41, 5.74) is 8.19. The van der Waals surface area contributed by atoms with Gasteiger partial charge in [-0.05, 0) is 31.5 Å². The van der Waals surface area contributed by atoms with Gasteiger partial charge in [0.05, 0.1) is 21.4 Å². The highest BCUT2D eigenvalue weighted by Crippen LogP contribution is 2.28. The lowest BCUT2D eigenvalue weighted by atomic mass is 10.2. The maximum Gasteiger partial charge on any atom is 0.138 e. The lowest BCUT2D eigenvalue weighted by molar-refractivity contribution is 0.292. The second kappa shape index (κ2) is 6.48. The van der Waals surface area contributed by atoms with Gasteiger partial charge in [-0.15, -0.1) is 0 Å². The van der Waals surface area contributed by atoms with Crippen LogP contribution < -0.4 is 10.5 Å². The molecule has 0 aliphatic rings. The van der Waals surface area contributed by atoms with Gasteiger partial charge in [0.2, 0.25) is 0 Å². The number of benzene rings is 1. The van der Waals surface area contributed by atoms with Crippen LogP contribution in [-0.2, 0) is 19.7 Å². The molecule has 2 rings (SSSR count). The Balaban J connectivity index is 2.17. The van der Waals surface area contributed by atoms with Crippen molar-refractivity contribution in [3.05, 3.63) is 45.2 Å². The summed E-state index contributed by atoms with van der Waals surface area (Å²) < 4.78 is 7.57. The summed E-state index contributed by atoms with van der Waals surface area (Å²) >= 11 is 12.4. The van der Waals surface area contributed by atoms with Gasteiger partial charge in [-0.3, -0.25) is 4.68 Å². The molecule has 1 aromatic carbocycles. The number of hydrogen-bond acceptors (Lipinski definition) is 3. The van der Waals surface area contributed by atoms with Crippen molar-refractivity contribution < 1.29 is 4.74 Å². The summed E-state index contributed by atoms with van der Waals surface area (Å²) in [5.74, 6) is 0.612. The third-order valence-electron chi connectivity index (χ3n) is 3.05. The fourth-order valence-electron chi connectivity index (χ4n) is 1.94. The van der Waals surface area contributed by atoms with Crippen LogP contribution in [0.15, 0.2) is 18.2 Å². The first-order chi connectivity index (χ1) is 9.56. The Kier molecular flexibility index (Phi) is 4.91. The zero-order valence-electron chi connectivity index (χ0n) is 11.5. The summed E-state index contributed by atoms with van der Waals surface area (Å²) in [6, 6.07) is 5.52. The standard InChI is InChI=1S/C14H17Cl2N3O/c1-3-19-12(14(16)9(2)18-19)8-20-13-5-4-10(7-17)6-11(13)15/h4-6H,3,7-8,17H2,1-2H3. The Hall–Kier alpha value is -1.23. The average molecular weight is 314 g/mol. The molecule has 4 nitrogen and oxygen atoms in total. The van der Waals surface area contributed by atoms with Crippen molar-refractivity contribution in [1.82, 2.24) is 9.78 Å². The van der Waals surface area contributed by atoms with E-state index >= 15 is 0 Å². The molecule has 0 amide bonds. The maximum atomic E-state index is 6.23. The van der Waals surface area contributed by atoms with Gasteiger partial charge >= 0.3 is 0 Å². The van der Waals surface area contributed by atoms with Crippen LogP contribution >= 0.6 is 23.2 Å². The zero-order chi connectivity index (χ0) is 14.7. The number of nitrogens with zero attached hydrogens (tertiary/aromatic N) is 2. The van der Waals surface area contributed by atoms with Crippen LogP contribution in [0, 0.1) is 6.92 Å². The van der Waals surface area contributed by atoms with Crippen LogP contribution in [0.1, 0.15) is 23.9 Å². The Bertz CT molecular complexity index is 611. The van der Waals surface area contributed by atoms with E-state index in [2.05, 4.69) is 5.10 Å². The van der Waals surface area contributed by atoms with Gasteiger partial charge in [0, 0.05) is 13.1 Å². The molecule has 108 valence electrons. The molecule has 0 fully saturated rings. The second-order valence-electron chi connectivity index (χ2n) is 4.42. The highest BCUT2D eigenvalue weighted by molar-refractivity contribution is 6.32. The van der Waals surface area contributed by atoms with E-state index in [0.29, 0.717) is 28.9 Å². The van der Waals surface area contributed by atoms with E-state index in [1.54, 1.807) is 6.07 Å². The topological polar surface area (TPSA) is 53.1 Å². The van der Waals surface area contributed by atoms with E-state index in [1.807, 2.05) is 30.7 Å². The average Bonchev–Trinajstić information content (AvgIpc) is 2.73. The fraction of sp³-hybridized carbons (Fsp3) is 0.357. The minimum atomic E-state index is 0.329. The third-order valence-corrected chi connectivity index (χ3v) is 3.84. The van der Waals surface area contributed by atoms with Crippen molar-refractivity contribution in [3.63, 3.8) is 0 Å². The molecule has 2 N–H and O–H groups in total. The number of halogens is 2. The quantitative estimate of drug-likeness (QED) is 0.918. The van der Waals surface area contributed by atoms with Crippen LogP contribution in [0.2, 0.25) is 10.0 Å². The first-order valence-electron chi connectivity index (χ1n) is 6.39. The van der Waals surface area contributed by atoms with Crippen molar-refractivity contribution in [2.75, 3.05) is 0 Å². The Morgan fingerprint density at radius 2 is 2.10 bits per heavy atom. The molecule has 6 heteroatoms. The Morgan fingerprint density at radius 1 is 1.35 bits per heavy atom. The summed E-state index contributed by atoms with van der Waals surface area (Å²) in [4.78, 5) is 0.